The van der Waals surface area contributed by atoms with Gasteiger partial charge in [0, 0.05) is 25.5 Å². The summed E-state index contributed by atoms with van der Waals surface area (Å²) in [6, 6.07) is 0.535. The van der Waals surface area contributed by atoms with E-state index in [-0.39, 0.29) is 0 Å². The lowest BCUT2D eigenvalue weighted by molar-refractivity contribution is 0.199. The molecule has 90 valence electrons. The molecule has 0 radical (unpaired) electrons. The van der Waals surface area contributed by atoms with E-state index in [9.17, 15) is 0 Å². The molecule has 1 aromatic rings. The third-order valence-corrected chi connectivity index (χ3v) is 2.99. The second-order valence-electron chi connectivity index (χ2n) is 4.37. The zero-order valence-corrected chi connectivity index (χ0v) is 9.90. The van der Waals surface area contributed by atoms with Gasteiger partial charge in [0.1, 0.15) is 0 Å². The quantitative estimate of drug-likeness (QED) is 0.832. The fourth-order valence-corrected chi connectivity index (χ4v) is 2.08. The largest absolute Gasteiger partial charge is 0.384 e. The zero-order valence-electron chi connectivity index (χ0n) is 9.90. The number of hydrogen-bond acceptors (Lipinski definition) is 5. The standard InChI is InChI=1S/C11H19N3O2/c1-8-7-9(3-5-12-8)11-13-10(14-16-11)4-6-15-2/h8-9,12H,3-7H2,1-2H3. The number of nitrogens with zero attached hydrogens (tertiary/aromatic N) is 2. The van der Waals surface area contributed by atoms with Crippen molar-refractivity contribution in [2.24, 2.45) is 0 Å². The van der Waals surface area contributed by atoms with E-state index in [1.54, 1.807) is 7.11 Å². The van der Waals surface area contributed by atoms with Crippen molar-refractivity contribution in [3.8, 4) is 0 Å². The highest BCUT2D eigenvalue weighted by Crippen LogP contribution is 2.26. The fraction of sp³-hybridized carbons (Fsp3) is 0.818. The lowest BCUT2D eigenvalue weighted by atomic mass is 9.93. The van der Waals surface area contributed by atoms with Gasteiger partial charge in [-0.25, -0.2) is 0 Å². The van der Waals surface area contributed by atoms with Crippen LogP contribution in [-0.4, -0.2) is 36.4 Å². The third-order valence-electron chi connectivity index (χ3n) is 2.99. The van der Waals surface area contributed by atoms with E-state index in [1.807, 2.05) is 0 Å². The lowest BCUT2D eigenvalue weighted by Crippen LogP contribution is -2.34. The highest BCUT2D eigenvalue weighted by atomic mass is 16.5. The molecule has 0 spiro atoms. The van der Waals surface area contributed by atoms with E-state index >= 15 is 0 Å². The van der Waals surface area contributed by atoms with Crippen LogP contribution in [-0.2, 0) is 11.2 Å². The van der Waals surface area contributed by atoms with Crippen LogP contribution in [0.25, 0.3) is 0 Å². The molecule has 1 aromatic heterocycles. The highest BCUT2D eigenvalue weighted by molar-refractivity contribution is 4.97. The Morgan fingerprint density at radius 1 is 1.56 bits per heavy atom. The molecule has 0 aromatic carbocycles. The first-order valence-electron chi connectivity index (χ1n) is 5.84. The van der Waals surface area contributed by atoms with Crippen LogP contribution < -0.4 is 5.32 Å². The summed E-state index contributed by atoms with van der Waals surface area (Å²) in [7, 11) is 1.68. The molecule has 2 heterocycles. The molecule has 1 fully saturated rings. The second kappa shape index (κ2) is 5.41. The summed E-state index contributed by atoms with van der Waals surface area (Å²) in [6.07, 6.45) is 2.88. The van der Waals surface area contributed by atoms with E-state index in [0.29, 0.717) is 18.6 Å². The van der Waals surface area contributed by atoms with Gasteiger partial charge in [-0.3, -0.25) is 0 Å². The summed E-state index contributed by atoms with van der Waals surface area (Å²) in [4.78, 5) is 4.42. The van der Waals surface area contributed by atoms with E-state index in [0.717, 1.165) is 37.5 Å². The van der Waals surface area contributed by atoms with Crippen LogP contribution in [0.1, 0.15) is 37.4 Å². The maximum Gasteiger partial charge on any atom is 0.229 e. The molecule has 0 amide bonds. The van der Waals surface area contributed by atoms with Crippen molar-refractivity contribution in [3.05, 3.63) is 11.7 Å². The molecule has 2 rings (SSSR count). The average molecular weight is 225 g/mol. The number of aromatic nitrogens is 2. The first-order chi connectivity index (χ1) is 7.79. The van der Waals surface area contributed by atoms with Gasteiger partial charge in [0.2, 0.25) is 5.89 Å². The minimum atomic E-state index is 0.417. The Bertz CT molecular complexity index is 327. The molecule has 2 atom stereocenters. The third kappa shape index (κ3) is 2.80. The summed E-state index contributed by atoms with van der Waals surface area (Å²) < 4.78 is 10.3. The van der Waals surface area contributed by atoms with Gasteiger partial charge in [0.25, 0.3) is 0 Å². The Hall–Kier alpha value is -0.940. The molecule has 1 aliphatic rings. The van der Waals surface area contributed by atoms with Crippen LogP contribution in [0.15, 0.2) is 4.52 Å². The Balaban J connectivity index is 1.95. The Kier molecular flexibility index (Phi) is 3.90. The van der Waals surface area contributed by atoms with Gasteiger partial charge in [-0.2, -0.15) is 4.98 Å². The van der Waals surface area contributed by atoms with Crippen molar-refractivity contribution in [1.29, 1.82) is 0 Å². The van der Waals surface area contributed by atoms with E-state index in [1.165, 1.54) is 0 Å². The summed E-state index contributed by atoms with van der Waals surface area (Å²) in [5.41, 5.74) is 0. The van der Waals surface area contributed by atoms with Crippen molar-refractivity contribution in [2.75, 3.05) is 20.3 Å². The number of rotatable bonds is 4. The molecule has 1 saturated heterocycles. The highest BCUT2D eigenvalue weighted by Gasteiger charge is 2.24. The predicted octanol–water partition coefficient (Wildman–Crippen LogP) is 1.11. The van der Waals surface area contributed by atoms with Crippen LogP contribution in [0.4, 0.5) is 0 Å². The van der Waals surface area contributed by atoms with Gasteiger partial charge >= 0.3 is 0 Å². The fourth-order valence-electron chi connectivity index (χ4n) is 2.08. The molecule has 5 heteroatoms. The number of methoxy groups -OCH3 is 1. The van der Waals surface area contributed by atoms with Crippen molar-refractivity contribution in [1.82, 2.24) is 15.5 Å². The summed E-state index contributed by atoms with van der Waals surface area (Å²) in [6.45, 7) is 3.86. The van der Waals surface area contributed by atoms with Gasteiger partial charge in [-0.15, -0.1) is 0 Å². The van der Waals surface area contributed by atoms with E-state index < -0.39 is 0 Å². The van der Waals surface area contributed by atoms with Crippen LogP contribution in [0.2, 0.25) is 0 Å². The molecule has 0 saturated carbocycles. The monoisotopic (exact) mass is 225 g/mol. The minimum absolute atomic E-state index is 0.417. The molecule has 16 heavy (non-hydrogen) atoms. The molecule has 1 aliphatic heterocycles. The summed E-state index contributed by atoms with van der Waals surface area (Å²) >= 11 is 0. The van der Waals surface area contributed by atoms with Gasteiger partial charge in [0.15, 0.2) is 5.82 Å². The van der Waals surface area contributed by atoms with Crippen molar-refractivity contribution in [2.45, 2.75) is 38.1 Å². The average Bonchev–Trinajstić information content (AvgIpc) is 2.75. The SMILES string of the molecule is COCCc1noc(C2CCNC(C)C2)n1. The van der Waals surface area contributed by atoms with Gasteiger partial charge < -0.3 is 14.6 Å². The Labute approximate surface area is 95.6 Å². The zero-order chi connectivity index (χ0) is 11.4. The summed E-state index contributed by atoms with van der Waals surface area (Å²) in [5, 5.41) is 7.38. The van der Waals surface area contributed by atoms with Crippen molar-refractivity contribution in [3.63, 3.8) is 0 Å². The first-order valence-corrected chi connectivity index (χ1v) is 5.84. The van der Waals surface area contributed by atoms with E-state index in [4.69, 9.17) is 9.26 Å². The van der Waals surface area contributed by atoms with Crippen molar-refractivity contribution >= 4 is 0 Å². The molecule has 5 nitrogen and oxygen atoms in total. The van der Waals surface area contributed by atoms with Gasteiger partial charge in [-0.1, -0.05) is 5.16 Å². The van der Waals surface area contributed by atoms with E-state index in [2.05, 4.69) is 22.4 Å². The van der Waals surface area contributed by atoms with Crippen LogP contribution in [0.5, 0.6) is 0 Å². The maximum absolute atomic E-state index is 5.31. The Morgan fingerprint density at radius 3 is 3.19 bits per heavy atom. The second-order valence-corrected chi connectivity index (χ2v) is 4.37. The Morgan fingerprint density at radius 2 is 2.44 bits per heavy atom. The molecular formula is C11H19N3O2. The number of ether oxygens (including phenoxy) is 1. The summed E-state index contributed by atoms with van der Waals surface area (Å²) in [5.74, 6) is 1.96. The molecule has 2 unspecified atom stereocenters. The number of piperidine rings is 1. The molecule has 0 aliphatic carbocycles. The van der Waals surface area contributed by atoms with Crippen molar-refractivity contribution < 1.29 is 9.26 Å². The normalized spacial score (nSPS) is 25.9. The first kappa shape index (κ1) is 11.5. The van der Waals surface area contributed by atoms with Gasteiger partial charge in [-0.05, 0) is 26.3 Å². The number of nitrogens with one attached hydrogen (secondary N) is 1. The molecule has 1 N–H and O–H groups in total. The maximum atomic E-state index is 5.31. The minimum Gasteiger partial charge on any atom is -0.384 e. The molecular weight excluding hydrogens is 206 g/mol. The number of hydrogen-bond donors (Lipinski definition) is 1. The topological polar surface area (TPSA) is 60.2 Å². The smallest absolute Gasteiger partial charge is 0.229 e. The van der Waals surface area contributed by atoms with Crippen LogP contribution >= 0.6 is 0 Å². The predicted molar refractivity (Wildman–Crippen MR) is 59.3 cm³/mol. The van der Waals surface area contributed by atoms with Crippen LogP contribution in [0.3, 0.4) is 0 Å². The lowest BCUT2D eigenvalue weighted by Gasteiger charge is -2.25. The van der Waals surface area contributed by atoms with Crippen LogP contribution in [0, 0.1) is 0 Å². The van der Waals surface area contributed by atoms with Gasteiger partial charge in [0.05, 0.1) is 6.61 Å². The molecule has 0 bridgehead atoms.